The van der Waals surface area contributed by atoms with E-state index in [4.69, 9.17) is 0 Å². The summed E-state index contributed by atoms with van der Waals surface area (Å²) in [5.74, 6) is 8.98. The van der Waals surface area contributed by atoms with Gasteiger partial charge in [0.2, 0.25) is 0 Å². The molecule has 4 rings (SSSR count). The van der Waals surface area contributed by atoms with Crippen molar-refractivity contribution in [3.63, 3.8) is 0 Å². The molecule has 57 heavy (non-hydrogen) atoms. The fraction of sp³-hybridized carbons (Fsp3) is 1.00. The van der Waals surface area contributed by atoms with E-state index in [9.17, 15) is 0 Å². The molecule has 4 saturated carbocycles. The average Bonchev–Trinajstić information content (AvgIpc) is 3.66. The van der Waals surface area contributed by atoms with Crippen LogP contribution >= 0.6 is 0 Å². The molecular weight excluding hydrogens is 685 g/mol. The van der Waals surface area contributed by atoms with Gasteiger partial charge >= 0.3 is 0 Å². The van der Waals surface area contributed by atoms with Crippen molar-refractivity contribution in [3.05, 3.63) is 0 Å². The summed E-state index contributed by atoms with van der Waals surface area (Å²) in [4.78, 5) is 0. The van der Waals surface area contributed by atoms with Gasteiger partial charge in [0.1, 0.15) is 0 Å². The summed E-state index contributed by atoms with van der Waals surface area (Å²) in [6.45, 7) is 64.4. The normalized spacial score (nSPS) is 15.9. The van der Waals surface area contributed by atoms with Gasteiger partial charge in [0.05, 0.1) is 0 Å². The van der Waals surface area contributed by atoms with E-state index in [2.05, 4.69) is 152 Å². The van der Waals surface area contributed by atoms with E-state index in [0.717, 1.165) is 59.2 Å². The summed E-state index contributed by atoms with van der Waals surface area (Å²) < 4.78 is 0. The summed E-state index contributed by atoms with van der Waals surface area (Å²) in [6, 6.07) is 0. The lowest BCUT2D eigenvalue weighted by molar-refractivity contribution is 0.448. The second-order valence-corrected chi connectivity index (χ2v) is 19.7. The molecule has 0 aromatic heterocycles. The first-order chi connectivity index (χ1) is 26.0. The van der Waals surface area contributed by atoms with Gasteiger partial charge in [-0.1, -0.05) is 311 Å². The Morgan fingerprint density at radius 3 is 0.316 bits per heavy atom. The summed E-state index contributed by atoms with van der Waals surface area (Å²) in [5.41, 5.74) is 0. The lowest BCUT2D eigenvalue weighted by Gasteiger charge is -2.05. The van der Waals surface area contributed by atoms with Crippen molar-refractivity contribution >= 4 is 0 Å². The lowest BCUT2D eigenvalue weighted by atomic mass is 10.0. The Hall–Kier alpha value is 0. The zero-order valence-corrected chi connectivity index (χ0v) is 47.1. The van der Waals surface area contributed by atoms with Crippen LogP contribution in [0.4, 0.5) is 0 Å². The predicted octanol–water partition coefficient (Wildman–Crippen LogP) is 23.5. The molecule has 0 N–H and O–H groups in total. The summed E-state index contributed by atoms with van der Waals surface area (Å²) in [6.07, 6.45) is 24.0. The minimum absolute atomic E-state index is 0. The monoisotopic (exact) mass is 821 g/mol. The van der Waals surface area contributed by atoms with Crippen LogP contribution in [0.3, 0.4) is 0 Å². The summed E-state index contributed by atoms with van der Waals surface area (Å²) in [5, 5.41) is 0. The van der Waals surface area contributed by atoms with Crippen LogP contribution in [-0.2, 0) is 0 Å². The highest BCUT2D eigenvalue weighted by molar-refractivity contribution is 4.89. The van der Waals surface area contributed by atoms with Gasteiger partial charge in [-0.05, 0) is 65.6 Å². The molecule has 0 radical (unpaired) electrons. The minimum atomic E-state index is 0. The third-order valence-electron chi connectivity index (χ3n) is 6.35. The molecule has 2 atom stereocenters. The maximum absolute atomic E-state index is 2.34. The Morgan fingerprint density at radius 1 is 0.211 bits per heavy atom. The molecule has 0 amide bonds. The van der Waals surface area contributed by atoms with Gasteiger partial charge in [-0.15, -0.1) is 0 Å². The van der Waals surface area contributed by atoms with Gasteiger partial charge in [-0.3, -0.25) is 0 Å². The molecule has 0 saturated heterocycles. The van der Waals surface area contributed by atoms with Gasteiger partial charge in [0.15, 0.2) is 0 Å². The molecule has 364 valence electrons. The summed E-state index contributed by atoms with van der Waals surface area (Å²) in [7, 11) is 0. The Morgan fingerprint density at radius 2 is 0.281 bits per heavy atom. The Balaban J connectivity index is -0.0000000454. The molecule has 0 aromatic carbocycles. The van der Waals surface area contributed by atoms with Crippen LogP contribution in [0.1, 0.15) is 318 Å². The smallest absolute Gasteiger partial charge is 0.0357 e. The third-order valence-corrected chi connectivity index (χ3v) is 6.35. The van der Waals surface area contributed by atoms with E-state index in [-0.39, 0.29) is 7.43 Å². The Labute approximate surface area is 375 Å². The van der Waals surface area contributed by atoms with Crippen molar-refractivity contribution in [1.29, 1.82) is 0 Å². The number of rotatable bonds is 2. The van der Waals surface area contributed by atoms with Crippen molar-refractivity contribution in [3.8, 4) is 0 Å². The molecular formula is C57H136. The maximum Gasteiger partial charge on any atom is -0.0357 e. The highest BCUT2D eigenvalue weighted by Gasteiger charge is 2.40. The Kier molecular flexibility index (Phi) is 119. The first-order valence-corrected chi connectivity index (χ1v) is 26.0. The van der Waals surface area contributed by atoms with Crippen molar-refractivity contribution < 1.29 is 0 Å². The van der Waals surface area contributed by atoms with Crippen LogP contribution in [0.15, 0.2) is 0 Å². The molecule has 4 aliphatic rings. The van der Waals surface area contributed by atoms with Gasteiger partial charge in [0, 0.05) is 0 Å². The van der Waals surface area contributed by atoms with Crippen molar-refractivity contribution in [1.82, 2.24) is 0 Å². The van der Waals surface area contributed by atoms with E-state index in [1.807, 2.05) is 55.4 Å². The molecule has 0 nitrogen and oxygen atoms in total. The van der Waals surface area contributed by atoms with Crippen LogP contribution in [0.5, 0.6) is 0 Å². The highest BCUT2D eigenvalue weighted by Crippen LogP contribution is 2.48. The number of hydrogen-bond donors (Lipinski definition) is 0. The van der Waals surface area contributed by atoms with Crippen molar-refractivity contribution in [2.45, 2.75) is 318 Å². The topological polar surface area (TPSA) is 0 Å². The van der Waals surface area contributed by atoms with E-state index >= 15 is 0 Å². The molecule has 2 unspecified atom stereocenters. The standard InChI is InChI=1S/C9H18.C6H12.C5H10.C4H8.6C4H10.4C2H6.CH4/c1-6(2)8-5-9(8)7(3)4;1-2-4-6-5-3-1;1-2-4-5-3-1;1-2-4-3-1;6*1-4(2)3;4*1-2;/h6-9H,5H2,1-4H3;1-6H2;1-5H2;1-4H2;6*4H,1-3H3;4*1-2H3;1H4. The average molecular weight is 822 g/mol. The quantitative estimate of drug-likeness (QED) is 0.260. The van der Waals surface area contributed by atoms with E-state index < -0.39 is 0 Å². The molecule has 0 heteroatoms. The number of hydrogen-bond acceptors (Lipinski definition) is 0. The van der Waals surface area contributed by atoms with Crippen LogP contribution in [0, 0.1) is 59.2 Å². The zero-order valence-electron chi connectivity index (χ0n) is 47.1. The zero-order chi connectivity index (χ0) is 47.1. The Bertz CT molecular complexity index is 382. The van der Waals surface area contributed by atoms with E-state index in [1.165, 1.54) is 103 Å². The maximum atomic E-state index is 2.34. The SMILES string of the molecule is C.C1CCC1.C1CCCC1.C1CCCCC1.CC.CC.CC.CC.CC(C)C.CC(C)C.CC(C)C.CC(C)C.CC(C)C.CC(C)C.CC(C)C1CC1C(C)C. The second-order valence-electron chi connectivity index (χ2n) is 19.7. The molecule has 4 aliphatic carbocycles. The van der Waals surface area contributed by atoms with Crippen LogP contribution in [0.25, 0.3) is 0 Å². The molecule has 0 aromatic rings. The lowest BCUT2D eigenvalue weighted by Crippen LogP contribution is -1.97. The molecule has 0 spiro atoms. The predicted molar refractivity (Wildman–Crippen MR) is 286 cm³/mol. The largest absolute Gasteiger partial charge is 0.0776 e. The third kappa shape index (κ3) is 194. The highest BCUT2D eigenvalue weighted by atomic mass is 14.5. The van der Waals surface area contributed by atoms with Crippen LogP contribution < -0.4 is 0 Å². The van der Waals surface area contributed by atoms with Gasteiger partial charge < -0.3 is 0 Å². The van der Waals surface area contributed by atoms with Crippen molar-refractivity contribution in [2.24, 2.45) is 59.2 Å². The van der Waals surface area contributed by atoms with Crippen LogP contribution in [0.2, 0.25) is 0 Å². The fourth-order valence-electron chi connectivity index (χ4n) is 3.96. The molecule has 0 aliphatic heterocycles. The van der Waals surface area contributed by atoms with E-state index in [0.29, 0.717) is 0 Å². The minimum Gasteiger partial charge on any atom is -0.0776 e. The van der Waals surface area contributed by atoms with Gasteiger partial charge in [0.25, 0.3) is 0 Å². The van der Waals surface area contributed by atoms with Crippen molar-refractivity contribution in [2.75, 3.05) is 0 Å². The molecule has 4 fully saturated rings. The van der Waals surface area contributed by atoms with Gasteiger partial charge in [-0.2, -0.15) is 0 Å². The fourth-order valence-corrected chi connectivity index (χ4v) is 3.96. The molecule has 0 heterocycles. The molecule has 0 bridgehead atoms. The first kappa shape index (κ1) is 84.5. The summed E-state index contributed by atoms with van der Waals surface area (Å²) >= 11 is 0. The second kappa shape index (κ2) is 80.1. The van der Waals surface area contributed by atoms with Crippen LogP contribution in [-0.4, -0.2) is 0 Å². The van der Waals surface area contributed by atoms with Gasteiger partial charge in [-0.25, -0.2) is 0 Å². The van der Waals surface area contributed by atoms with E-state index in [1.54, 1.807) is 0 Å². The first-order valence-electron chi connectivity index (χ1n) is 26.0.